The summed E-state index contributed by atoms with van der Waals surface area (Å²) >= 11 is 0. The molecular weight excluding hydrogens is 226 g/mol. The van der Waals surface area contributed by atoms with Crippen molar-refractivity contribution in [2.45, 2.75) is 18.7 Å². The number of aliphatic hydroxyl groups is 1. The maximum absolute atomic E-state index is 12.7. The van der Waals surface area contributed by atoms with Gasteiger partial charge in [0, 0.05) is 0 Å². The van der Waals surface area contributed by atoms with Gasteiger partial charge in [-0.3, -0.25) is 0 Å². The molecule has 0 aliphatic heterocycles. The first-order chi connectivity index (χ1) is 7.36. The van der Waals surface area contributed by atoms with Crippen LogP contribution in [0.2, 0.25) is 0 Å². The van der Waals surface area contributed by atoms with Crippen LogP contribution in [0.25, 0.3) is 0 Å². The van der Waals surface area contributed by atoms with E-state index in [-0.39, 0.29) is 18.5 Å². The summed E-state index contributed by atoms with van der Waals surface area (Å²) in [5.41, 5.74) is 3.63. The monoisotopic (exact) mass is 237 g/mol. The number of rotatable bonds is 3. The average molecular weight is 237 g/mol. The highest BCUT2D eigenvalue weighted by molar-refractivity contribution is 5.32. The van der Waals surface area contributed by atoms with Crippen LogP contribution in [0.1, 0.15) is 23.7 Å². The molecular formula is C10H11F4NO. The summed E-state index contributed by atoms with van der Waals surface area (Å²) in [5, 5.41) is 9.45. The summed E-state index contributed by atoms with van der Waals surface area (Å²) in [6.45, 7) is 0.0514. The summed E-state index contributed by atoms with van der Waals surface area (Å²) in [6.07, 6.45) is -6.02. The number of hydrogen-bond acceptors (Lipinski definition) is 2. The van der Waals surface area contributed by atoms with Gasteiger partial charge >= 0.3 is 6.18 Å². The Bertz CT molecular complexity index is 364. The van der Waals surface area contributed by atoms with E-state index in [9.17, 15) is 22.7 Å². The van der Waals surface area contributed by atoms with E-state index in [0.29, 0.717) is 6.07 Å². The van der Waals surface area contributed by atoms with Crippen LogP contribution in [0.5, 0.6) is 0 Å². The lowest BCUT2D eigenvalue weighted by atomic mass is 9.99. The second kappa shape index (κ2) is 4.80. The van der Waals surface area contributed by atoms with Gasteiger partial charge in [0.2, 0.25) is 0 Å². The van der Waals surface area contributed by atoms with Crippen molar-refractivity contribution in [3.63, 3.8) is 0 Å². The third-order valence-corrected chi connectivity index (χ3v) is 2.12. The van der Waals surface area contributed by atoms with E-state index in [4.69, 9.17) is 5.73 Å². The van der Waals surface area contributed by atoms with Crippen LogP contribution in [0, 0.1) is 5.82 Å². The van der Waals surface area contributed by atoms with Crippen LogP contribution < -0.4 is 5.73 Å². The van der Waals surface area contributed by atoms with Gasteiger partial charge in [-0.15, -0.1) is 0 Å². The van der Waals surface area contributed by atoms with Crippen molar-refractivity contribution in [1.29, 1.82) is 0 Å². The third-order valence-electron chi connectivity index (χ3n) is 2.12. The fourth-order valence-corrected chi connectivity index (χ4v) is 1.38. The summed E-state index contributed by atoms with van der Waals surface area (Å²) in [7, 11) is 0. The first-order valence-electron chi connectivity index (χ1n) is 4.61. The van der Waals surface area contributed by atoms with Crippen molar-refractivity contribution >= 4 is 0 Å². The van der Waals surface area contributed by atoms with Gasteiger partial charge in [-0.25, -0.2) is 4.39 Å². The first-order valence-corrected chi connectivity index (χ1v) is 4.61. The number of halogens is 4. The van der Waals surface area contributed by atoms with Gasteiger partial charge in [-0.1, -0.05) is 6.07 Å². The Balaban J connectivity index is 3.18. The normalized spacial score (nSPS) is 13.9. The topological polar surface area (TPSA) is 46.2 Å². The van der Waals surface area contributed by atoms with Crippen molar-refractivity contribution in [2.75, 3.05) is 6.54 Å². The standard InChI is InChI=1S/C10H11F4NO/c11-6-1-2-7(9(16)3-4-15)8(5-6)10(12,13)14/h1-2,5,9,16H,3-4,15H2/t9-/m0/s1. The molecule has 16 heavy (non-hydrogen) atoms. The summed E-state index contributed by atoms with van der Waals surface area (Å²) in [6, 6.07) is 2.18. The molecule has 0 radical (unpaired) electrons. The van der Waals surface area contributed by atoms with Gasteiger partial charge in [-0.2, -0.15) is 13.2 Å². The Morgan fingerprint density at radius 3 is 2.44 bits per heavy atom. The van der Waals surface area contributed by atoms with Crippen molar-refractivity contribution in [3.8, 4) is 0 Å². The van der Waals surface area contributed by atoms with Gasteiger partial charge in [0.05, 0.1) is 11.7 Å². The highest BCUT2D eigenvalue weighted by atomic mass is 19.4. The Hall–Kier alpha value is -1.14. The third kappa shape index (κ3) is 2.93. The van der Waals surface area contributed by atoms with E-state index in [2.05, 4.69) is 0 Å². The minimum absolute atomic E-state index is 0.00525. The number of benzene rings is 1. The number of nitrogens with two attached hydrogens (primary N) is 1. The number of aliphatic hydroxyl groups excluding tert-OH is 1. The van der Waals surface area contributed by atoms with Gasteiger partial charge in [0.25, 0.3) is 0 Å². The Morgan fingerprint density at radius 1 is 1.31 bits per heavy atom. The SMILES string of the molecule is NCC[C@H](O)c1ccc(F)cc1C(F)(F)F. The molecule has 0 aliphatic carbocycles. The van der Waals surface area contributed by atoms with E-state index in [1.54, 1.807) is 0 Å². The summed E-state index contributed by atoms with van der Waals surface area (Å²) in [5.74, 6) is -0.990. The molecule has 0 spiro atoms. The van der Waals surface area contributed by atoms with E-state index in [1.165, 1.54) is 0 Å². The van der Waals surface area contributed by atoms with Crippen LogP contribution >= 0.6 is 0 Å². The smallest absolute Gasteiger partial charge is 0.388 e. The van der Waals surface area contributed by atoms with E-state index >= 15 is 0 Å². The summed E-state index contributed by atoms with van der Waals surface area (Å²) < 4.78 is 50.3. The lowest BCUT2D eigenvalue weighted by molar-refractivity contribution is -0.139. The maximum atomic E-state index is 12.7. The van der Waals surface area contributed by atoms with Crippen LogP contribution in [0.3, 0.4) is 0 Å². The highest BCUT2D eigenvalue weighted by Gasteiger charge is 2.35. The predicted octanol–water partition coefficient (Wildman–Crippen LogP) is 2.23. The maximum Gasteiger partial charge on any atom is 0.416 e. The molecule has 0 saturated heterocycles. The molecule has 0 saturated carbocycles. The fraction of sp³-hybridized carbons (Fsp3) is 0.400. The predicted molar refractivity (Wildman–Crippen MR) is 50.0 cm³/mol. The molecule has 6 heteroatoms. The molecule has 1 aromatic carbocycles. The molecule has 0 bridgehead atoms. The second-order valence-corrected chi connectivity index (χ2v) is 3.32. The van der Waals surface area contributed by atoms with Gasteiger partial charge in [0.1, 0.15) is 5.82 Å². The lowest BCUT2D eigenvalue weighted by Crippen LogP contribution is -2.14. The molecule has 1 rings (SSSR count). The largest absolute Gasteiger partial charge is 0.416 e. The zero-order valence-electron chi connectivity index (χ0n) is 8.26. The van der Waals surface area contributed by atoms with E-state index in [1.807, 2.05) is 0 Å². The van der Waals surface area contributed by atoms with E-state index < -0.39 is 23.7 Å². The first kappa shape index (κ1) is 12.9. The fourth-order valence-electron chi connectivity index (χ4n) is 1.38. The minimum Gasteiger partial charge on any atom is -0.388 e. The molecule has 0 unspecified atom stereocenters. The number of alkyl halides is 3. The molecule has 0 heterocycles. The molecule has 1 atom stereocenters. The Labute approximate surface area is 89.7 Å². The van der Waals surface area contributed by atoms with Crippen LogP contribution in [-0.4, -0.2) is 11.7 Å². The molecule has 0 amide bonds. The molecule has 90 valence electrons. The average Bonchev–Trinajstić information content (AvgIpc) is 2.16. The highest BCUT2D eigenvalue weighted by Crippen LogP contribution is 2.35. The van der Waals surface area contributed by atoms with Crippen molar-refractivity contribution in [3.05, 3.63) is 35.1 Å². The minimum atomic E-state index is -4.69. The zero-order valence-corrected chi connectivity index (χ0v) is 8.26. The second-order valence-electron chi connectivity index (χ2n) is 3.32. The quantitative estimate of drug-likeness (QED) is 0.792. The van der Waals surface area contributed by atoms with Crippen LogP contribution in [0.4, 0.5) is 17.6 Å². The molecule has 1 aromatic rings. The van der Waals surface area contributed by atoms with Gasteiger partial charge in [-0.05, 0) is 30.7 Å². The molecule has 0 aliphatic rings. The van der Waals surface area contributed by atoms with Crippen LogP contribution in [-0.2, 0) is 6.18 Å². The van der Waals surface area contributed by atoms with Crippen molar-refractivity contribution < 1.29 is 22.7 Å². The van der Waals surface area contributed by atoms with Gasteiger partial charge in [0.15, 0.2) is 0 Å². The Kier molecular flexibility index (Phi) is 3.88. The molecule has 0 aromatic heterocycles. The van der Waals surface area contributed by atoms with Gasteiger partial charge < -0.3 is 10.8 Å². The molecule has 3 N–H and O–H groups in total. The Morgan fingerprint density at radius 2 is 1.94 bits per heavy atom. The number of hydrogen-bond donors (Lipinski definition) is 2. The van der Waals surface area contributed by atoms with Crippen molar-refractivity contribution in [2.24, 2.45) is 5.73 Å². The zero-order chi connectivity index (χ0) is 12.3. The van der Waals surface area contributed by atoms with E-state index in [0.717, 1.165) is 12.1 Å². The lowest BCUT2D eigenvalue weighted by Gasteiger charge is -2.17. The van der Waals surface area contributed by atoms with Crippen LogP contribution in [0.15, 0.2) is 18.2 Å². The van der Waals surface area contributed by atoms with Crippen molar-refractivity contribution in [1.82, 2.24) is 0 Å². The summed E-state index contributed by atoms with van der Waals surface area (Å²) in [4.78, 5) is 0. The molecule has 0 fully saturated rings. The molecule has 2 nitrogen and oxygen atoms in total.